The molecule has 3 aliphatic carbocycles. The lowest BCUT2D eigenvalue weighted by Crippen LogP contribution is -2.70. The largest absolute Gasteiger partial charge is 0.508 e. The molecule has 13 nitrogen and oxygen atoms in total. The van der Waals surface area contributed by atoms with Crippen LogP contribution in [0.3, 0.4) is 0 Å². The van der Waals surface area contributed by atoms with Crippen molar-refractivity contribution in [3.05, 3.63) is 81.1 Å². The van der Waals surface area contributed by atoms with Crippen molar-refractivity contribution in [2.45, 2.75) is 37.1 Å². The summed E-state index contributed by atoms with van der Waals surface area (Å²) in [4.78, 5) is 67.7. The third-order valence-electron chi connectivity index (χ3n) is 9.42. The molecule has 1 fully saturated rings. The van der Waals surface area contributed by atoms with Gasteiger partial charge in [0.1, 0.15) is 22.8 Å². The summed E-state index contributed by atoms with van der Waals surface area (Å²) in [6.45, 7) is 1.24. The van der Waals surface area contributed by atoms with Crippen LogP contribution in [0.15, 0.2) is 53.3 Å². The quantitative estimate of drug-likeness (QED) is 0.206. The van der Waals surface area contributed by atoms with Gasteiger partial charge in [0, 0.05) is 17.1 Å². The summed E-state index contributed by atoms with van der Waals surface area (Å²) in [5.41, 5.74) is 1.31. The number of nitrogens with zero attached hydrogens (tertiary/aromatic N) is 2. The van der Waals surface area contributed by atoms with Crippen molar-refractivity contribution in [1.29, 1.82) is 0 Å². The SMILES string of the molecule is CC1c2ccc(CN3C(=O)c4ccccc4C3=O)c(O)c2C(O)=C2C(=O)C3(O)C(O)=C(C(N)=O)C(=O)C(N(C)C)C3C(O)C21. The Kier molecular flexibility index (Phi) is 6.36. The van der Waals surface area contributed by atoms with Crippen LogP contribution in [-0.2, 0) is 20.9 Å². The van der Waals surface area contributed by atoms with Crippen LogP contribution in [-0.4, -0.2) is 96.5 Å². The number of hydrogen-bond donors (Lipinski definition) is 6. The third kappa shape index (κ3) is 3.54. The molecule has 4 aliphatic rings. The summed E-state index contributed by atoms with van der Waals surface area (Å²) in [6.07, 6.45) is -1.72. The van der Waals surface area contributed by atoms with Gasteiger partial charge in [0.25, 0.3) is 17.7 Å². The van der Waals surface area contributed by atoms with Crippen molar-refractivity contribution in [1.82, 2.24) is 9.80 Å². The highest BCUT2D eigenvalue weighted by Gasteiger charge is 2.68. The van der Waals surface area contributed by atoms with Gasteiger partial charge >= 0.3 is 0 Å². The van der Waals surface area contributed by atoms with E-state index < -0.39 is 93.2 Å². The van der Waals surface area contributed by atoms with Crippen LogP contribution in [0.25, 0.3) is 5.76 Å². The second-order valence-corrected chi connectivity index (χ2v) is 11.8. The monoisotopic (exact) mass is 603 g/mol. The molecule has 1 saturated carbocycles. The lowest BCUT2D eigenvalue weighted by atomic mass is 9.54. The molecule has 7 N–H and O–H groups in total. The van der Waals surface area contributed by atoms with E-state index in [0.717, 1.165) is 4.90 Å². The van der Waals surface area contributed by atoms with Gasteiger partial charge in [0.05, 0.1) is 41.3 Å². The average Bonchev–Trinajstić information content (AvgIpc) is 3.20. The maximum Gasteiger partial charge on any atom is 0.261 e. The van der Waals surface area contributed by atoms with Gasteiger partial charge in [-0.15, -0.1) is 0 Å². The predicted octanol–water partition coefficient (Wildman–Crippen LogP) is 0.292. The van der Waals surface area contributed by atoms with Gasteiger partial charge in [-0.2, -0.15) is 0 Å². The van der Waals surface area contributed by atoms with E-state index in [4.69, 9.17) is 5.73 Å². The highest BCUT2D eigenvalue weighted by atomic mass is 16.4. The van der Waals surface area contributed by atoms with Crippen LogP contribution in [0.5, 0.6) is 5.75 Å². The van der Waals surface area contributed by atoms with E-state index in [1.807, 2.05) is 0 Å². The number of phenols is 1. The Labute approximate surface area is 250 Å². The minimum atomic E-state index is -3.03. The second kappa shape index (κ2) is 9.58. The minimum Gasteiger partial charge on any atom is -0.508 e. The summed E-state index contributed by atoms with van der Waals surface area (Å²) in [5.74, 6) is -11.2. The summed E-state index contributed by atoms with van der Waals surface area (Å²) in [6, 6.07) is 7.77. The van der Waals surface area contributed by atoms with E-state index in [-0.39, 0.29) is 28.8 Å². The number of rotatable bonds is 4. The fourth-order valence-corrected chi connectivity index (χ4v) is 7.34. The highest BCUT2D eigenvalue weighted by Crippen LogP contribution is 2.56. The number of hydrogen-bond acceptors (Lipinski definition) is 11. The number of aromatic hydroxyl groups is 1. The number of imide groups is 1. The smallest absolute Gasteiger partial charge is 0.261 e. The lowest BCUT2D eigenvalue weighted by molar-refractivity contribution is -0.169. The molecule has 228 valence electrons. The zero-order valence-corrected chi connectivity index (χ0v) is 23.8. The van der Waals surface area contributed by atoms with Gasteiger partial charge in [-0.3, -0.25) is 33.8 Å². The Morgan fingerprint density at radius 3 is 2.14 bits per heavy atom. The molecule has 6 unspecified atom stereocenters. The fraction of sp³-hybridized carbons (Fsp3) is 0.323. The number of nitrogens with two attached hydrogens (primary N) is 1. The molecule has 3 amide bonds. The van der Waals surface area contributed by atoms with E-state index in [1.54, 1.807) is 19.1 Å². The first kappa shape index (κ1) is 29.2. The topological polar surface area (TPSA) is 219 Å². The van der Waals surface area contributed by atoms with Crippen molar-refractivity contribution in [3.8, 4) is 5.75 Å². The van der Waals surface area contributed by atoms with E-state index in [1.165, 1.54) is 43.3 Å². The minimum absolute atomic E-state index is 0.0612. The molecule has 0 saturated heterocycles. The summed E-state index contributed by atoms with van der Waals surface area (Å²) < 4.78 is 0. The summed E-state index contributed by atoms with van der Waals surface area (Å²) >= 11 is 0. The van der Waals surface area contributed by atoms with Crippen molar-refractivity contribution < 1.29 is 49.5 Å². The Bertz CT molecular complexity index is 1760. The van der Waals surface area contributed by atoms with Crippen LogP contribution < -0.4 is 5.73 Å². The van der Waals surface area contributed by atoms with E-state index in [2.05, 4.69) is 0 Å². The lowest BCUT2D eigenvalue weighted by Gasteiger charge is -2.53. The van der Waals surface area contributed by atoms with Gasteiger partial charge < -0.3 is 31.3 Å². The number of carbonyl (C=O) groups is 5. The van der Waals surface area contributed by atoms with Crippen LogP contribution in [0.4, 0.5) is 0 Å². The van der Waals surface area contributed by atoms with Crippen LogP contribution in [0.1, 0.15) is 50.2 Å². The van der Waals surface area contributed by atoms with Gasteiger partial charge in [0.15, 0.2) is 11.4 Å². The molecule has 0 bridgehead atoms. The molecule has 0 radical (unpaired) electrons. The van der Waals surface area contributed by atoms with Crippen molar-refractivity contribution in [3.63, 3.8) is 0 Å². The number of carbonyl (C=O) groups excluding carboxylic acids is 5. The molecule has 0 aromatic heterocycles. The van der Waals surface area contributed by atoms with Crippen molar-refractivity contribution >= 4 is 35.0 Å². The zero-order chi connectivity index (χ0) is 32.2. The van der Waals surface area contributed by atoms with E-state index in [9.17, 15) is 49.5 Å². The molecular weight excluding hydrogens is 574 g/mol. The molecule has 44 heavy (non-hydrogen) atoms. The Balaban J connectivity index is 1.50. The number of aliphatic hydroxyl groups is 4. The normalized spacial score (nSPS) is 29.6. The van der Waals surface area contributed by atoms with Crippen LogP contribution >= 0.6 is 0 Å². The number of benzene rings is 2. The first-order valence-corrected chi connectivity index (χ1v) is 13.8. The molecule has 1 aliphatic heterocycles. The maximum absolute atomic E-state index is 14.1. The van der Waals surface area contributed by atoms with E-state index in [0.29, 0.717) is 5.56 Å². The standard InChI is InChI=1S/C31H29N3O10/c1-11-13-9-8-12(10-34-29(42)14-6-4-5-7-15(14)30(34)43)22(35)17(13)23(36)18-16(11)24(37)20-21(33(2)3)25(38)19(28(32)41)27(40)31(20,44)26(18)39/h4-9,11,16,20-21,24,35-37,40,44H,10H2,1-3H3,(H2,32,41). The van der Waals surface area contributed by atoms with Gasteiger partial charge in [0.2, 0.25) is 5.78 Å². The van der Waals surface area contributed by atoms with Crippen molar-refractivity contribution in [2.75, 3.05) is 14.1 Å². The molecule has 2 aromatic rings. The number of fused-ring (bicyclic) bond motifs is 4. The summed E-state index contributed by atoms with van der Waals surface area (Å²) in [7, 11) is 2.86. The number of aliphatic hydroxyl groups excluding tert-OH is 3. The average molecular weight is 604 g/mol. The highest BCUT2D eigenvalue weighted by molar-refractivity contribution is 6.25. The molecule has 2 aromatic carbocycles. The first-order chi connectivity index (χ1) is 20.7. The second-order valence-electron chi connectivity index (χ2n) is 11.8. The Morgan fingerprint density at radius 2 is 1.59 bits per heavy atom. The van der Waals surface area contributed by atoms with Gasteiger partial charge in [-0.05, 0) is 37.7 Å². The number of ketones is 2. The molecule has 1 heterocycles. The number of Topliss-reactive ketones (excluding diaryl/α,β-unsaturated/α-hetero) is 2. The molecule has 13 heteroatoms. The van der Waals surface area contributed by atoms with Gasteiger partial charge in [-0.1, -0.05) is 31.2 Å². The number of phenolic OH excluding ortho intramolecular Hbond substituents is 1. The fourth-order valence-electron chi connectivity index (χ4n) is 7.34. The predicted molar refractivity (Wildman–Crippen MR) is 151 cm³/mol. The van der Waals surface area contributed by atoms with Gasteiger partial charge in [-0.25, -0.2) is 0 Å². The van der Waals surface area contributed by atoms with E-state index >= 15 is 0 Å². The number of amides is 3. The summed E-state index contributed by atoms with van der Waals surface area (Å²) in [5, 5.41) is 57.4. The Morgan fingerprint density at radius 1 is 1.00 bits per heavy atom. The zero-order valence-electron chi connectivity index (χ0n) is 23.8. The molecular formula is C31H29N3O10. The van der Waals surface area contributed by atoms with Crippen LogP contribution in [0.2, 0.25) is 0 Å². The van der Waals surface area contributed by atoms with Crippen LogP contribution in [0, 0.1) is 11.8 Å². The molecule has 6 atom stereocenters. The molecule has 6 rings (SSSR count). The molecule has 0 spiro atoms. The maximum atomic E-state index is 14.1. The number of primary amides is 1. The number of likely N-dealkylation sites (N-methyl/N-ethyl adjacent to an activating group) is 1. The third-order valence-corrected chi connectivity index (χ3v) is 9.42. The first-order valence-electron chi connectivity index (χ1n) is 13.8. The van der Waals surface area contributed by atoms with Crippen molar-refractivity contribution in [2.24, 2.45) is 17.6 Å². The Hall–Kier alpha value is -4.85.